The van der Waals surface area contributed by atoms with Gasteiger partial charge in [-0.1, -0.05) is 20.4 Å². The molecule has 12 heavy (non-hydrogen) atoms. The lowest BCUT2D eigenvalue weighted by Gasteiger charge is -2.05. The molecule has 0 aliphatic carbocycles. The van der Waals surface area contributed by atoms with Gasteiger partial charge in [-0.05, 0) is 18.8 Å². The van der Waals surface area contributed by atoms with Crippen molar-refractivity contribution in [2.45, 2.75) is 26.7 Å². The molecule has 70 valence electrons. The molecule has 0 heterocycles. The molecule has 0 aromatic heterocycles. The van der Waals surface area contributed by atoms with Gasteiger partial charge in [0, 0.05) is 6.54 Å². The predicted molar refractivity (Wildman–Crippen MR) is 48.8 cm³/mol. The van der Waals surface area contributed by atoms with E-state index >= 15 is 0 Å². The number of hydrogen-bond acceptors (Lipinski definition) is 2. The van der Waals surface area contributed by atoms with Crippen molar-refractivity contribution >= 4 is 6.09 Å². The highest BCUT2D eigenvalue weighted by Crippen LogP contribution is 2.01. The van der Waals surface area contributed by atoms with Crippen molar-refractivity contribution in [2.24, 2.45) is 5.92 Å². The van der Waals surface area contributed by atoms with Crippen molar-refractivity contribution in [1.82, 2.24) is 5.32 Å². The van der Waals surface area contributed by atoms with Crippen LogP contribution in [0.5, 0.6) is 0 Å². The van der Waals surface area contributed by atoms with Gasteiger partial charge in [0.05, 0.1) is 6.26 Å². The Hall–Kier alpha value is -0.990. The summed E-state index contributed by atoms with van der Waals surface area (Å²) in [7, 11) is 0. The second-order valence-corrected chi connectivity index (χ2v) is 3.03. The third kappa shape index (κ3) is 7.12. The first-order valence-electron chi connectivity index (χ1n) is 4.22. The lowest BCUT2D eigenvalue weighted by atomic mass is 10.1. The number of nitrogens with one attached hydrogen (secondary N) is 1. The van der Waals surface area contributed by atoms with E-state index in [2.05, 4.69) is 30.5 Å². The fourth-order valence-electron chi connectivity index (χ4n) is 0.818. The zero-order chi connectivity index (χ0) is 9.40. The minimum Gasteiger partial charge on any atom is -0.419 e. The molecular weight excluding hydrogens is 154 g/mol. The van der Waals surface area contributed by atoms with Crippen molar-refractivity contribution < 1.29 is 9.53 Å². The molecule has 0 spiro atoms. The average molecular weight is 171 g/mol. The molecule has 1 amide bonds. The molecule has 0 unspecified atom stereocenters. The first-order chi connectivity index (χ1) is 5.66. The molecule has 0 rings (SSSR count). The number of rotatable bonds is 5. The third-order valence-electron chi connectivity index (χ3n) is 1.42. The Kier molecular flexibility index (Phi) is 6.15. The molecule has 0 fully saturated rings. The standard InChI is InChI=1S/C9H17NO2/c1-4-12-9(11)10-7-5-6-8(2)3/h4,8H,1,5-7H2,2-3H3,(H,10,11). The van der Waals surface area contributed by atoms with Crippen LogP contribution in [0.15, 0.2) is 12.8 Å². The maximum atomic E-state index is 10.7. The second-order valence-electron chi connectivity index (χ2n) is 3.03. The van der Waals surface area contributed by atoms with Crippen LogP contribution in [-0.2, 0) is 4.74 Å². The lowest BCUT2D eigenvalue weighted by molar-refractivity contribution is 0.185. The number of carbonyl (C=O) groups excluding carboxylic acids is 1. The predicted octanol–water partition coefficient (Wildman–Crippen LogP) is 2.29. The van der Waals surface area contributed by atoms with Crippen LogP contribution in [-0.4, -0.2) is 12.6 Å². The number of alkyl carbamates (subject to hydrolysis) is 1. The quantitative estimate of drug-likeness (QED) is 0.509. The highest BCUT2D eigenvalue weighted by molar-refractivity contribution is 5.67. The summed E-state index contributed by atoms with van der Waals surface area (Å²) in [4.78, 5) is 10.7. The van der Waals surface area contributed by atoms with E-state index in [1.165, 1.54) is 0 Å². The maximum Gasteiger partial charge on any atom is 0.411 e. The third-order valence-corrected chi connectivity index (χ3v) is 1.42. The summed E-state index contributed by atoms with van der Waals surface area (Å²) >= 11 is 0. The molecule has 0 atom stereocenters. The van der Waals surface area contributed by atoms with Gasteiger partial charge in [0.25, 0.3) is 0 Å². The zero-order valence-electron chi connectivity index (χ0n) is 7.80. The Bertz CT molecular complexity index is 143. The fraction of sp³-hybridized carbons (Fsp3) is 0.667. The van der Waals surface area contributed by atoms with Crippen molar-refractivity contribution in [3.05, 3.63) is 12.8 Å². The second kappa shape index (κ2) is 6.70. The van der Waals surface area contributed by atoms with Crippen molar-refractivity contribution in [3.63, 3.8) is 0 Å². The number of carbonyl (C=O) groups is 1. The first-order valence-corrected chi connectivity index (χ1v) is 4.22. The Labute approximate surface area is 73.8 Å². The van der Waals surface area contributed by atoms with E-state index in [0.29, 0.717) is 12.5 Å². The van der Waals surface area contributed by atoms with E-state index < -0.39 is 6.09 Å². The van der Waals surface area contributed by atoms with E-state index in [9.17, 15) is 4.79 Å². The molecule has 0 bridgehead atoms. The van der Waals surface area contributed by atoms with E-state index in [-0.39, 0.29) is 0 Å². The SMILES string of the molecule is C=COC(=O)NCCCC(C)C. The molecule has 3 heteroatoms. The smallest absolute Gasteiger partial charge is 0.411 e. The molecule has 0 saturated heterocycles. The Morgan fingerprint density at radius 2 is 2.33 bits per heavy atom. The largest absolute Gasteiger partial charge is 0.419 e. The molecule has 0 aromatic rings. The van der Waals surface area contributed by atoms with Crippen molar-refractivity contribution in [3.8, 4) is 0 Å². The van der Waals surface area contributed by atoms with Gasteiger partial charge in [-0.3, -0.25) is 0 Å². The van der Waals surface area contributed by atoms with Gasteiger partial charge in [-0.25, -0.2) is 4.79 Å². The van der Waals surface area contributed by atoms with Crippen LogP contribution in [0.2, 0.25) is 0 Å². The lowest BCUT2D eigenvalue weighted by Crippen LogP contribution is -2.23. The van der Waals surface area contributed by atoms with E-state index in [4.69, 9.17) is 0 Å². The van der Waals surface area contributed by atoms with Crippen LogP contribution in [0, 0.1) is 5.92 Å². The molecule has 0 aliphatic rings. The van der Waals surface area contributed by atoms with Crippen LogP contribution in [0.3, 0.4) is 0 Å². The topological polar surface area (TPSA) is 38.3 Å². The van der Waals surface area contributed by atoms with E-state index in [1.807, 2.05) is 0 Å². The van der Waals surface area contributed by atoms with Crippen LogP contribution in [0.4, 0.5) is 4.79 Å². The van der Waals surface area contributed by atoms with Gasteiger partial charge in [0.1, 0.15) is 0 Å². The van der Waals surface area contributed by atoms with Gasteiger partial charge in [-0.2, -0.15) is 0 Å². The Morgan fingerprint density at radius 1 is 1.67 bits per heavy atom. The summed E-state index contributed by atoms with van der Waals surface area (Å²) in [5.41, 5.74) is 0. The van der Waals surface area contributed by atoms with Crippen molar-refractivity contribution in [2.75, 3.05) is 6.54 Å². The molecular formula is C9H17NO2. The molecule has 3 nitrogen and oxygen atoms in total. The van der Waals surface area contributed by atoms with E-state index in [0.717, 1.165) is 19.1 Å². The normalized spacial score (nSPS) is 9.58. The van der Waals surface area contributed by atoms with Gasteiger partial charge >= 0.3 is 6.09 Å². The molecule has 0 aliphatic heterocycles. The summed E-state index contributed by atoms with van der Waals surface area (Å²) in [6.45, 7) is 8.26. The summed E-state index contributed by atoms with van der Waals surface area (Å²) in [6.07, 6.45) is 2.81. The first kappa shape index (κ1) is 11.0. The number of hydrogen-bond donors (Lipinski definition) is 1. The summed E-state index contributed by atoms with van der Waals surface area (Å²) in [5, 5.41) is 2.61. The maximum absolute atomic E-state index is 10.7. The molecule has 0 saturated carbocycles. The minimum absolute atomic E-state index is 0.422. The van der Waals surface area contributed by atoms with Gasteiger partial charge in [0.15, 0.2) is 0 Å². The average Bonchev–Trinajstić information content (AvgIpc) is 1.98. The minimum atomic E-state index is -0.422. The molecule has 0 radical (unpaired) electrons. The Balaban J connectivity index is 3.19. The number of ether oxygens (including phenoxy) is 1. The summed E-state index contributed by atoms with van der Waals surface area (Å²) in [6, 6.07) is 0. The monoisotopic (exact) mass is 171 g/mol. The van der Waals surface area contributed by atoms with Crippen molar-refractivity contribution in [1.29, 1.82) is 0 Å². The molecule has 0 aromatic carbocycles. The van der Waals surface area contributed by atoms with Crippen LogP contribution < -0.4 is 5.32 Å². The summed E-state index contributed by atoms with van der Waals surface area (Å²) < 4.78 is 4.46. The van der Waals surface area contributed by atoms with Gasteiger partial charge in [0.2, 0.25) is 0 Å². The highest BCUT2D eigenvalue weighted by Gasteiger charge is 1.98. The highest BCUT2D eigenvalue weighted by atomic mass is 16.5. The summed E-state index contributed by atoms with van der Waals surface area (Å²) in [5.74, 6) is 0.683. The van der Waals surface area contributed by atoms with Gasteiger partial charge < -0.3 is 10.1 Å². The zero-order valence-corrected chi connectivity index (χ0v) is 7.80. The van der Waals surface area contributed by atoms with Crippen LogP contribution in [0.25, 0.3) is 0 Å². The van der Waals surface area contributed by atoms with Gasteiger partial charge in [-0.15, -0.1) is 0 Å². The Morgan fingerprint density at radius 3 is 2.83 bits per heavy atom. The number of amides is 1. The van der Waals surface area contributed by atoms with Crippen LogP contribution >= 0.6 is 0 Å². The van der Waals surface area contributed by atoms with E-state index in [1.54, 1.807) is 0 Å². The van der Waals surface area contributed by atoms with Crippen LogP contribution in [0.1, 0.15) is 26.7 Å². The fourth-order valence-corrected chi connectivity index (χ4v) is 0.818. The molecule has 1 N–H and O–H groups in total.